The van der Waals surface area contributed by atoms with Crippen LogP contribution in [-0.2, 0) is 42.1 Å². The van der Waals surface area contributed by atoms with E-state index in [0.717, 1.165) is 25.9 Å². The van der Waals surface area contributed by atoms with Crippen LogP contribution < -0.4 is 15.4 Å². The van der Waals surface area contributed by atoms with E-state index in [-0.39, 0.29) is 44.3 Å². The number of hydrogen-bond donors (Lipinski definition) is 4. The Kier molecular flexibility index (Phi) is 11.5. The fourth-order valence-electron chi connectivity index (χ4n) is 7.09. The number of ether oxygens (including phenoxy) is 1. The normalized spacial score (nSPS) is 19.2. The van der Waals surface area contributed by atoms with Crippen LogP contribution in [0.1, 0.15) is 40.7 Å². The number of hydrogen-bond acceptors (Lipinski definition) is 6. The third-order valence-electron chi connectivity index (χ3n) is 9.30. The summed E-state index contributed by atoms with van der Waals surface area (Å²) in [4.78, 5) is 26.2. The number of benzene rings is 3. The van der Waals surface area contributed by atoms with Crippen molar-refractivity contribution in [3.63, 3.8) is 0 Å². The van der Waals surface area contributed by atoms with Crippen molar-refractivity contribution >= 4 is 11.9 Å². The first-order valence-electron chi connectivity index (χ1n) is 16.1. The zero-order valence-electron chi connectivity index (χ0n) is 26.5. The zero-order valence-corrected chi connectivity index (χ0v) is 26.5. The molecular formula is C36H42F3N3O5. The molecule has 0 saturated carbocycles. The molecule has 11 heteroatoms. The minimum Gasteiger partial charge on any atom is -0.497 e. The van der Waals surface area contributed by atoms with Crippen molar-refractivity contribution in [2.24, 2.45) is 23.7 Å². The van der Waals surface area contributed by atoms with Gasteiger partial charge in [0.1, 0.15) is 23.2 Å². The van der Waals surface area contributed by atoms with Crippen molar-refractivity contribution in [2.75, 3.05) is 33.3 Å². The average Bonchev–Trinajstić information content (AvgIpc) is 3.73. The SMILES string of the molecule is COc1cc(F)cc(CN(Cc2cc(F)cc(C[C@H](C(=O)O)[C@H]3CCNC3)c2)Cc2cc(F)cc(C[C@H](C(=O)O)[C@H]3CCNC3)c2)c1. The van der Waals surface area contributed by atoms with Crippen LogP contribution in [-0.4, -0.2) is 60.3 Å². The van der Waals surface area contributed by atoms with Gasteiger partial charge in [-0.15, -0.1) is 0 Å². The molecule has 0 unspecified atom stereocenters. The van der Waals surface area contributed by atoms with Gasteiger partial charge in [-0.25, -0.2) is 13.2 Å². The first kappa shape index (κ1) is 34.4. The molecule has 8 nitrogen and oxygen atoms in total. The minimum atomic E-state index is -0.914. The lowest BCUT2D eigenvalue weighted by atomic mass is 9.85. The molecule has 252 valence electrons. The summed E-state index contributed by atoms with van der Waals surface area (Å²) in [5.41, 5.74) is 2.91. The highest BCUT2D eigenvalue weighted by atomic mass is 19.1. The van der Waals surface area contributed by atoms with Crippen LogP contribution in [0.2, 0.25) is 0 Å². The van der Waals surface area contributed by atoms with Crippen LogP contribution in [0.4, 0.5) is 13.2 Å². The van der Waals surface area contributed by atoms with Gasteiger partial charge in [-0.05, 0) is 128 Å². The fraction of sp³-hybridized carbons (Fsp3) is 0.444. The Balaban J connectivity index is 1.41. The Morgan fingerprint density at radius 2 is 1.11 bits per heavy atom. The van der Waals surface area contributed by atoms with Crippen molar-refractivity contribution in [1.82, 2.24) is 15.5 Å². The lowest BCUT2D eigenvalue weighted by Gasteiger charge is -2.25. The summed E-state index contributed by atoms with van der Waals surface area (Å²) in [6.07, 6.45) is 1.85. The minimum absolute atomic E-state index is 0.0495. The van der Waals surface area contributed by atoms with Gasteiger partial charge in [-0.1, -0.05) is 12.1 Å². The second-order valence-electron chi connectivity index (χ2n) is 12.9. The number of aliphatic carboxylic acids is 2. The quantitative estimate of drug-likeness (QED) is 0.181. The number of nitrogens with zero attached hydrogens (tertiary/aromatic N) is 1. The van der Waals surface area contributed by atoms with E-state index in [4.69, 9.17) is 4.74 Å². The molecule has 0 bridgehead atoms. The number of carboxylic acids is 2. The van der Waals surface area contributed by atoms with Crippen molar-refractivity contribution in [3.05, 3.63) is 99.9 Å². The van der Waals surface area contributed by atoms with Crippen LogP contribution >= 0.6 is 0 Å². The zero-order chi connectivity index (χ0) is 33.5. The smallest absolute Gasteiger partial charge is 0.307 e. The number of carboxylic acid groups (broad SMARTS) is 2. The van der Waals surface area contributed by atoms with Gasteiger partial charge in [0.25, 0.3) is 0 Å². The maximum Gasteiger partial charge on any atom is 0.307 e. The van der Waals surface area contributed by atoms with Crippen molar-refractivity contribution in [3.8, 4) is 5.75 Å². The van der Waals surface area contributed by atoms with Gasteiger partial charge in [0.05, 0.1) is 18.9 Å². The topological polar surface area (TPSA) is 111 Å². The molecule has 0 spiro atoms. The Morgan fingerprint density at radius 3 is 1.49 bits per heavy atom. The molecule has 0 aliphatic carbocycles. The molecule has 2 fully saturated rings. The van der Waals surface area contributed by atoms with Gasteiger partial charge in [0.15, 0.2) is 0 Å². The lowest BCUT2D eigenvalue weighted by Crippen LogP contribution is -2.28. The Hall–Kier alpha value is -3.93. The predicted molar refractivity (Wildman–Crippen MR) is 170 cm³/mol. The van der Waals surface area contributed by atoms with Crippen molar-refractivity contribution in [2.45, 2.75) is 45.3 Å². The van der Waals surface area contributed by atoms with E-state index in [1.54, 1.807) is 18.2 Å². The molecule has 2 aliphatic heterocycles. The van der Waals surface area contributed by atoms with Crippen LogP contribution in [0, 0.1) is 41.1 Å². The molecule has 2 saturated heterocycles. The van der Waals surface area contributed by atoms with Crippen molar-refractivity contribution in [1.29, 1.82) is 0 Å². The fourth-order valence-corrected chi connectivity index (χ4v) is 7.09. The van der Waals surface area contributed by atoms with Crippen LogP contribution in [0.15, 0.2) is 54.6 Å². The predicted octanol–water partition coefficient (Wildman–Crippen LogP) is 5.02. The van der Waals surface area contributed by atoms with E-state index < -0.39 is 41.2 Å². The maximum absolute atomic E-state index is 15.0. The highest BCUT2D eigenvalue weighted by Gasteiger charge is 2.32. The summed E-state index contributed by atoms with van der Waals surface area (Å²) in [6.45, 7) is 3.31. The average molecular weight is 654 g/mol. The number of methoxy groups -OCH3 is 1. The van der Waals surface area contributed by atoms with Gasteiger partial charge in [0.2, 0.25) is 0 Å². The molecule has 0 radical (unpaired) electrons. The number of carbonyl (C=O) groups is 2. The second kappa shape index (κ2) is 15.8. The Bertz CT molecular complexity index is 1470. The highest BCUT2D eigenvalue weighted by molar-refractivity contribution is 5.71. The monoisotopic (exact) mass is 653 g/mol. The van der Waals surface area contributed by atoms with E-state index in [1.165, 1.54) is 43.5 Å². The highest BCUT2D eigenvalue weighted by Crippen LogP contribution is 2.28. The van der Waals surface area contributed by atoms with E-state index in [1.807, 2.05) is 4.90 Å². The lowest BCUT2D eigenvalue weighted by molar-refractivity contribution is -0.144. The summed E-state index contributed by atoms with van der Waals surface area (Å²) in [7, 11) is 1.44. The van der Waals surface area contributed by atoms with Gasteiger partial charge >= 0.3 is 11.9 Å². The number of halogens is 3. The molecule has 4 N–H and O–H groups in total. The van der Waals surface area contributed by atoms with Crippen LogP contribution in [0.25, 0.3) is 0 Å². The van der Waals surface area contributed by atoms with Crippen LogP contribution in [0.3, 0.4) is 0 Å². The third-order valence-corrected chi connectivity index (χ3v) is 9.30. The molecular weight excluding hydrogens is 611 g/mol. The van der Waals surface area contributed by atoms with E-state index >= 15 is 0 Å². The first-order chi connectivity index (χ1) is 22.6. The van der Waals surface area contributed by atoms with Gasteiger partial charge in [-0.3, -0.25) is 14.5 Å². The summed E-state index contributed by atoms with van der Waals surface area (Å²) in [5.74, 6) is -4.37. The molecule has 47 heavy (non-hydrogen) atoms. The molecule has 2 heterocycles. The Labute approximate surface area is 272 Å². The first-order valence-corrected chi connectivity index (χ1v) is 16.1. The molecule has 0 aromatic heterocycles. The summed E-state index contributed by atoms with van der Waals surface area (Å²) in [5, 5.41) is 26.3. The summed E-state index contributed by atoms with van der Waals surface area (Å²) < 4.78 is 49.7. The molecule has 2 aliphatic rings. The maximum atomic E-state index is 15.0. The summed E-state index contributed by atoms with van der Waals surface area (Å²) in [6, 6.07) is 13.4. The van der Waals surface area contributed by atoms with Gasteiger partial charge < -0.3 is 25.6 Å². The van der Waals surface area contributed by atoms with E-state index in [9.17, 15) is 33.0 Å². The van der Waals surface area contributed by atoms with E-state index in [2.05, 4.69) is 10.6 Å². The second-order valence-corrected chi connectivity index (χ2v) is 12.9. The third kappa shape index (κ3) is 9.56. The van der Waals surface area contributed by atoms with Gasteiger partial charge in [-0.2, -0.15) is 0 Å². The molecule has 0 amide bonds. The van der Waals surface area contributed by atoms with Crippen molar-refractivity contribution < 1.29 is 37.7 Å². The number of rotatable bonds is 15. The summed E-state index contributed by atoms with van der Waals surface area (Å²) >= 11 is 0. The van der Waals surface area contributed by atoms with Crippen LogP contribution in [0.5, 0.6) is 5.75 Å². The molecule has 3 aromatic rings. The number of nitrogens with one attached hydrogen (secondary N) is 2. The standard InChI is InChI=1S/C36H42F3N3O5/c1-47-32-13-26(12-31(39)16-32)21-42(19-24-6-22(8-29(37)10-24)14-33(35(43)44)27-2-4-40-17-27)20-25-7-23(9-30(38)11-25)15-34(36(45)46)28-3-5-41-18-28/h6-13,16,27-28,33-34,40-41H,2-5,14-15,17-21H2,1H3,(H,43,44)(H,45,46)/t27-,28-,33-,34-/m0/s1. The van der Waals surface area contributed by atoms with E-state index in [0.29, 0.717) is 46.7 Å². The largest absolute Gasteiger partial charge is 0.497 e. The Morgan fingerprint density at radius 1 is 0.702 bits per heavy atom. The molecule has 3 aromatic carbocycles. The molecule has 5 rings (SSSR count). The molecule has 4 atom stereocenters. The van der Waals surface area contributed by atoms with Gasteiger partial charge in [0, 0.05) is 25.7 Å².